The molecular formula is C17H16F5N3O3S. The van der Waals surface area contributed by atoms with Gasteiger partial charge in [-0.2, -0.15) is 13.2 Å². The van der Waals surface area contributed by atoms with Crippen LogP contribution in [0.15, 0.2) is 42.5 Å². The number of nitrogens with one attached hydrogen (secondary N) is 2. The molecule has 0 saturated carbocycles. The summed E-state index contributed by atoms with van der Waals surface area (Å²) in [4.78, 5) is 10.7. The molecule has 0 radical (unpaired) electrons. The van der Waals surface area contributed by atoms with Gasteiger partial charge in [-0.25, -0.2) is 22.6 Å². The number of nitrogens with zero attached hydrogens (tertiary/aromatic N) is 1. The Morgan fingerprint density at radius 1 is 1.07 bits per heavy atom. The van der Waals surface area contributed by atoms with Crippen LogP contribution in [0.4, 0.5) is 27.6 Å². The molecule has 2 aromatic carbocycles. The highest BCUT2D eigenvalue weighted by Gasteiger charge is 2.38. The van der Waals surface area contributed by atoms with Crippen LogP contribution in [0.1, 0.15) is 11.1 Å². The van der Waals surface area contributed by atoms with Crippen LogP contribution in [0.25, 0.3) is 0 Å². The van der Waals surface area contributed by atoms with Crippen LogP contribution in [0.3, 0.4) is 0 Å². The number of rotatable bonds is 7. The Hall–Kier alpha value is -2.73. The SMILES string of the molecule is CS(=O)(=O)N(Cc1ccc(CNNC(=O)C(F)(F)F)cc1F)c1ccccc1F. The van der Waals surface area contributed by atoms with Gasteiger partial charge in [0.15, 0.2) is 0 Å². The van der Waals surface area contributed by atoms with E-state index in [1.807, 2.05) is 5.43 Å². The van der Waals surface area contributed by atoms with E-state index in [0.29, 0.717) is 4.31 Å². The van der Waals surface area contributed by atoms with E-state index in [2.05, 4.69) is 0 Å². The highest BCUT2D eigenvalue weighted by Crippen LogP contribution is 2.25. The van der Waals surface area contributed by atoms with Gasteiger partial charge in [-0.15, -0.1) is 0 Å². The number of hydrogen-bond donors (Lipinski definition) is 2. The summed E-state index contributed by atoms with van der Waals surface area (Å²) < 4.78 is 89.4. The molecule has 0 aliphatic heterocycles. The zero-order valence-corrected chi connectivity index (χ0v) is 15.7. The van der Waals surface area contributed by atoms with Gasteiger partial charge in [0.1, 0.15) is 11.6 Å². The van der Waals surface area contributed by atoms with Crippen molar-refractivity contribution in [2.24, 2.45) is 0 Å². The van der Waals surface area contributed by atoms with E-state index >= 15 is 0 Å². The summed E-state index contributed by atoms with van der Waals surface area (Å²) in [5.41, 5.74) is 3.28. The first-order valence-corrected chi connectivity index (χ1v) is 9.84. The molecule has 0 unspecified atom stereocenters. The molecule has 0 atom stereocenters. The third-order valence-corrected chi connectivity index (χ3v) is 4.83. The third kappa shape index (κ3) is 6.12. The fraction of sp³-hybridized carbons (Fsp3) is 0.235. The second-order valence-electron chi connectivity index (χ2n) is 5.95. The number of carbonyl (C=O) groups excluding carboxylic acids is 1. The van der Waals surface area contributed by atoms with Crippen molar-refractivity contribution in [3.05, 3.63) is 65.2 Å². The minimum Gasteiger partial charge on any atom is -0.283 e. The van der Waals surface area contributed by atoms with Crippen LogP contribution in [0.2, 0.25) is 0 Å². The number of sulfonamides is 1. The quantitative estimate of drug-likeness (QED) is 0.516. The summed E-state index contributed by atoms with van der Waals surface area (Å²) in [5, 5.41) is 0. The van der Waals surface area contributed by atoms with Crippen molar-refractivity contribution >= 4 is 21.6 Å². The number of hydrazine groups is 1. The first-order chi connectivity index (χ1) is 13.4. The minimum absolute atomic E-state index is 0.0817. The van der Waals surface area contributed by atoms with Gasteiger partial charge in [0.2, 0.25) is 10.0 Å². The van der Waals surface area contributed by atoms with Gasteiger partial charge >= 0.3 is 12.1 Å². The maximum atomic E-state index is 14.4. The van der Waals surface area contributed by atoms with Crippen LogP contribution in [0, 0.1) is 11.6 Å². The fourth-order valence-electron chi connectivity index (χ4n) is 2.32. The molecule has 0 saturated heterocycles. The smallest absolute Gasteiger partial charge is 0.283 e. The molecule has 6 nitrogen and oxygen atoms in total. The summed E-state index contributed by atoms with van der Waals surface area (Å²) >= 11 is 0. The normalized spacial score (nSPS) is 11.9. The van der Waals surface area contributed by atoms with E-state index in [0.717, 1.165) is 18.4 Å². The zero-order chi connectivity index (χ0) is 21.8. The maximum absolute atomic E-state index is 14.4. The highest BCUT2D eigenvalue weighted by molar-refractivity contribution is 7.92. The Bertz CT molecular complexity index is 996. The number of amides is 1. The Balaban J connectivity index is 2.15. The van der Waals surface area contributed by atoms with Gasteiger partial charge in [0.25, 0.3) is 0 Å². The highest BCUT2D eigenvalue weighted by atomic mass is 32.2. The Morgan fingerprint density at radius 2 is 1.72 bits per heavy atom. The number of hydrogen-bond acceptors (Lipinski definition) is 4. The van der Waals surface area contributed by atoms with Crippen molar-refractivity contribution in [2.45, 2.75) is 19.3 Å². The standard InChI is InChI=1S/C17H16F5N3O3S/c1-29(27,28)25(15-5-3-2-4-13(15)18)10-12-7-6-11(8-14(12)19)9-23-24-16(26)17(20,21)22/h2-8,23H,9-10H2,1H3,(H,24,26). The Morgan fingerprint density at radius 3 is 2.28 bits per heavy atom. The minimum atomic E-state index is -5.07. The Kier molecular flexibility index (Phi) is 6.80. The van der Waals surface area contributed by atoms with Crippen LogP contribution >= 0.6 is 0 Å². The molecule has 12 heteroatoms. The summed E-state index contributed by atoms with van der Waals surface area (Å²) in [5.74, 6) is -3.86. The molecule has 1 amide bonds. The molecule has 0 heterocycles. The van der Waals surface area contributed by atoms with E-state index in [-0.39, 0.29) is 23.4 Å². The monoisotopic (exact) mass is 437 g/mol. The lowest BCUT2D eigenvalue weighted by Gasteiger charge is -2.23. The molecule has 158 valence electrons. The molecule has 0 aromatic heterocycles. The summed E-state index contributed by atoms with van der Waals surface area (Å²) in [7, 11) is -3.94. The van der Waals surface area contributed by atoms with Gasteiger partial charge in [-0.05, 0) is 23.8 Å². The Labute approximate surface area is 163 Å². The van der Waals surface area contributed by atoms with Gasteiger partial charge in [0, 0.05) is 12.1 Å². The number of carbonyl (C=O) groups is 1. The van der Waals surface area contributed by atoms with Crippen molar-refractivity contribution in [1.82, 2.24) is 10.9 Å². The third-order valence-electron chi connectivity index (χ3n) is 3.70. The maximum Gasteiger partial charge on any atom is 0.472 e. The molecule has 29 heavy (non-hydrogen) atoms. The average Bonchev–Trinajstić information content (AvgIpc) is 2.60. The molecule has 0 aliphatic rings. The van der Waals surface area contributed by atoms with E-state index in [1.54, 1.807) is 0 Å². The predicted octanol–water partition coefficient (Wildman–Crippen LogP) is 2.61. The van der Waals surface area contributed by atoms with E-state index < -0.39 is 40.3 Å². The summed E-state index contributed by atoms with van der Waals surface area (Å²) in [6.07, 6.45) is -4.22. The second kappa shape index (κ2) is 8.74. The number of para-hydroxylation sites is 1. The molecule has 0 spiro atoms. The van der Waals surface area contributed by atoms with Gasteiger partial charge in [-0.1, -0.05) is 24.3 Å². The summed E-state index contributed by atoms with van der Waals surface area (Å²) in [6.45, 7) is -0.813. The lowest BCUT2D eigenvalue weighted by atomic mass is 10.1. The number of benzene rings is 2. The summed E-state index contributed by atoms with van der Waals surface area (Å²) in [6, 6.07) is 8.60. The van der Waals surface area contributed by atoms with Crippen molar-refractivity contribution < 1.29 is 35.2 Å². The van der Waals surface area contributed by atoms with Gasteiger partial charge < -0.3 is 0 Å². The molecule has 0 fully saturated rings. The first-order valence-electron chi connectivity index (χ1n) is 7.99. The van der Waals surface area contributed by atoms with Gasteiger partial charge in [0.05, 0.1) is 18.5 Å². The van der Waals surface area contributed by atoms with E-state index in [1.165, 1.54) is 35.8 Å². The lowest BCUT2D eigenvalue weighted by molar-refractivity contribution is -0.174. The molecular weight excluding hydrogens is 421 g/mol. The van der Waals surface area contributed by atoms with Crippen molar-refractivity contribution in [2.75, 3.05) is 10.6 Å². The average molecular weight is 437 g/mol. The lowest BCUT2D eigenvalue weighted by Crippen LogP contribution is -2.44. The predicted molar refractivity (Wildman–Crippen MR) is 94.9 cm³/mol. The molecule has 2 rings (SSSR count). The van der Waals surface area contributed by atoms with Crippen LogP contribution in [-0.2, 0) is 27.9 Å². The number of halogens is 5. The second-order valence-corrected chi connectivity index (χ2v) is 7.86. The molecule has 0 bridgehead atoms. The molecule has 0 aliphatic carbocycles. The largest absolute Gasteiger partial charge is 0.472 e. The molecule has 2 aromatic rings. The fourth-order valence-corrected chi connectivity index (χ4v) is 3.20. The number of alkyl halides is 3. The molecule has 2 N–H and O–H groups in total. The zero-order valence-electron chi connectivity index (χ0n) is 14.9. The van der Waals surface area contributed by atoms with Crippen LogP contribution < -0.4 is 15.2 Å². The van der Waals surface area contributed by atoms with Crippen LogP contribution in [0.5, 0.6) is 0 Å². The van der Waals surface area contributed by atoms with E-state index in [4.69, 9.17) is 0 Å². The van der Waals surface area contributed by atoms with Crippen LogP contribution in [-0.4, -0.2) is 26.8 Å². The van der Waals surface area contributed by atoms with Gasteiger partial charge in [-0.3, -0.25) is 14.5 Å². The van der Waals surface area contributed by atoms with E-state index in [9.17, 15) is 35.2 Å². The first kappa shape index (κ1) is 22.6. The topological polar surface area (TPSA) is 78.5 Å². The van der Waals surface area contributed by atoms with Crippen molar-refractivity contribution in [3.8, 4) is 0 Å². The van der Waals surface area contributed by atoms with Crippen molar-refractivity contribution in [1.29, 1.82) is 0 Å². The van der Waals surface area contributed by atoms with Crippen molar-refractivity contribution in [3.63, 3.8) is 0 Å². The number of anilines is 1.